The maximum Gasteiger partial charge on any atom is 0.259 e. The summed E-state index contributed by atoms with van der Waals surface area (Å²) in [5.41, 5.74) is 9.10. The topological polar surface area (TPSA) is 17.3 Å². The van der Waals surface area contributed by atoms with Crippen LogP contribution in [0.15, 0.2) is 27.9 Å². The van der Waals surface area contributed by atoms with Gasteiger partial charge in [-0.3, -0.25) is 4.99 Å². The standard InChI is InChI=1S/C19H29BN2/c1-8-17-15(6)18(21-16(17)7)12-19-13(4)11-14(5)22(19)20(9-2)10-3/h11-12H,8-10H2,1-7H3/b18-12-. The first-order valence-electron chi connectivity index (χ1n) is 8.60. The fourth-order valence-electron chi connectivity index (χ4n) is 3.71. The number of aryl methyl sites for hydroxylation is 2. The van der Waals surface area contributed by atoms with Crippen molar-refractivity contribution >= 4 is 18.6 Å². The molecule has 3 heteroatoms. The molecule has 118 valence electrons. The highest BCUT2D eigenvalue weighted by Gasteiger charge is 2.21. The largest absolute Gasteiger partial charge is 0.390 e. The minimum absolute atomic E-state index is 0.571. The molecule has 0 atom stereocenters. The zero-order chi connectivity index (χ0) is 16.4. The van der Waals surface area contributed by atoms with Crippen LogP contribution in [0.4, 0.5) is 0 Å². The van der Waals surface area contributed by atoms with Crippen molar-refractivity contribution < 1.29 is 0 Å². The van der Waals surface area contributed by atoms with E-state index in [0.29, 0.717) is 6.85 Å². The van der Waals surface area contributed by atoms with Crippen LogP contribution in [-0.4, -0.2) is 17.0 Å². The van der Waals surface area contributed by atoms with Crippen molar-refractivity contribution in [1.82, 2.24) is 4.48 Å². The van der Waals surface area contributed by atoms with Crippen LogP contribution in [0.1, 0.15) is 58.0 Å². The summed E-state index contributed by atoms with van der Waals surface area (Å²) in [5.74, 6) is 0. The summed E-state index contributed by atoms with van der Waals surface area (Å²) in [6.07, 6.45) is 5.68. The highest BCUT2D eigenvalue weighted by atomic mass is 14.9. The molecule has 0 unspecified atom stereocenters. The van der Waals surface area contributed by atoms with E-state index < -0.39 is 0 Å². The molecule has 2 nitrogen and oxygen atoms in total. The van der Waals surface area contributed by atoms with Gasteiger partial charge in [0.2, 0.25) is 0 Å². The Balaban J connectivity index is 2.56. The number of hydrogen-bond donors (Lipinski definition) is 0. The predicted octanol–water partition coefficient (Wildman–Crippen LogP) is 5.53. The van der Waals surface area contributed by atoms with E-state index in [0.717, 1.165) is 12.1 Å². The Morgan fingerprint density at radius 2 is 1.73 bits per heavy atom. The number of allylic oxidation sites excluding steroid dienone is 2. The molecular weight excluding hydrogens is 267 g/mol. The first kappa shape index (κ1) is 16.9. The van der Waals surface area contributed by atoms with Crippen molar-refractivity contribution in [3.63, 3.8) is 0 Å². The Morgan fingerprint density at radius 3 is 2.23 bits per heavy atom. The van der Waals surface area contributed by atoms with Crippen molar-refractivity contribution in [2.45, 2.75) is 67.5 Å². The van der Waals surface area contributed by atoms with Crippen molar-refractivity contribution in [1.29, 1.82) is 0 Å². The van der Waals surface area contributed by atoms with E-state index >= 15 is 0 Å². The van der Waals surface area contributed by atoms with Gasteiger partial charge in [-0.2, -0.15) is 0 Å². The smallest absolute Gasteiger partial charge is 0.259 e. The molecule has 0 aromatic carbocycles. The predicted molar refractivity (Wildman–Crippen MR) is 100 cm³/mol. The molecule has 0 aliphatic carbocycles. The van der Waals surface area contributed by atoms with Gasteiger partial charge in [0.05, 0.1) is 5.70 Å². The molecule has 2 heterocycles. The van der Waals surface area contributed by atoms with Crippen LogP contribution < -0.4 is 0 Å². The molecule has 1 aromatic heterocycles. The maximum atomic E-state index is 4.81. The lowest BCUT2D eigenvalue weighted by Crippen LogP contribution is -2.24. The average molecular weight is 296 g/mol. The van der Waals surface area contributed by atoms with E-state index in [4.69, 9.17) is 4.99 Å². The maximum absolute atomic E-state index is 4.81. The summed E-state index contributed by atoms with van der Waals surface area (Å²) in [6, 6.07) is 2.30. The molecule has 22 heavy (non-hydrogen) atoms. The number of aromatic nitrogens is 1. The second kappa shape index (κ2) is 6.72. The summed E-state index contributed by atoms with van der Waals surface area (Å²) in [6.45, 7) is 16.1. The highest BCUT2D eigenvalue weighted by Crippen LogP contribution is 2.30. The van der Waals surface area contributed by atoms with Gasteiger partial charge in [0, 0.05) is 17.1 Å². The first-order chi connectivity index (χ1) is 10.4. The van der Waals surface area contributed by atoms with Crippen molar-refractivity contribution in [3.05, 3.63) is 39.9 Å². The molecule has 0 radical (unpaired) electrons. The summed E-state index contributed by atoms with van der Waals surface area (Å²) in [5, 5.41) is 0. The van der Waals surface area contributed by atoms with Crippen LogP contribution in [-0.2, 0) is 0 Å². The normalized spacial score (nSPS) is 16.7. The molecule has 0 N–H and O–H groups in total. The van der Waals surface area contributed by atoms with Crippen LogP contribution in [0.25, 0.3) is 6.08 Å². The van der Waals surface area contributed by atoms with Crippen molar-refractivity contribution in [2.75, 3.05) is 0 Å². The monoisotopic (exact) mass is 296 g/mol. The Hall–Kier alpha value is -1.51. The number of hydrogen-bond acceptors (Lipinski definition) is 1. The van der Waals surface area contributed by atoms with Crippen molar-refractivity contribution in [3.8, 4) is 0 Å². The summed E-state index contributed by atoms with van der Waals surface area (Å²) < 4.78 is 2.50. The second-order valence-corrected chi connectivity index (χ2v) is 6.38. The van der Waals surface area contributed by atoms with Gasteiger partial charge in [-0.1, -0.05) is 33.4 Å². The van der Waals surface area contributed by atoms with Gasteiger partial charge in [-0.05, 0) is 63.0 Å². The average Bonchev–Trinajstić information content (AvgIpc) is 2.90. The summed E-state index contributed by atoms with van der Waals surface area (Å²) in [4.78, 5) is 4.81. The lowest BCUT2D eigenvalue weighted by Gasteiger charge is -2.17. The third-order valence-corrected chi connectivity index (χ3v) is 4.97. The van der Waals surface area contributed by atoms with Crippen LogP contribution in [0.2, 0.25) is 12.6 Å². The number of nitrogens with zero attached hydrogens (tertiary/aromatic N) is 2. The van der Waals surface area contributed by atoms with Crippen LogP contribution in [0, 0.1) is 13.8 Å². The first-order valence-corrected chi connectivity index (χ1v) is 8.60. The molecule has 0 spiro atoms. The van der Waals surface area contributed by atoms with Gasteiger partial charge < -0.3 is 4.48 Å². The van der Waals surface area contributed by atoms with Gasteiger partial charge in [-0.15, -0.1) is 0 Å². The Bertz CT molecular complexity index is 655. The Kier molecular flexibility index (Phi) is 5.15. The SMILES string of the molecule is CCB(CC)n1c(C)cc(C)c1/C=C1\N=C(C)C(CC)=C1C. The molecule has 0 saturated heterocycles. The van der Waals surface area contributed by atoms with Gasteiger partial charge in [-0.25, -0.2) is 0 Å². The van der Waals surface area contributed by atoms with Gasteiger partial charge in [0.25, 0.3) is 6.85 Å². The molecule has 1 aliphatic rings. The van der Waals surface area contributed by atoms with E-state index in [1.165, 1.54) is 46.4 Å². The van der Waals surface area contributed by atoms with Gasteiger partial charge in [0.1, 0.15) is 0 Å². The molecule has 2 rings (SSSR count). The van der Waals surface area contributed by atoms with Crippen LogP contribution in [0.5, 0.6) is 0 Å². The molecule has 1 aromatic rings. The number of rotatable bonds is 5. The van der Waals surface area contributed by atoms with E-state index in [9.17, 15) is 0 Å². The second-order valence-electron chi connectivity index (χ2n) is 6.38. The molecule has 1 aliphatic heterocycles. The lowest BCUT2D eigenvalue weighted by atomic mass is 9.56. The molecule has 0 bridgehead atoms. The van der Waals surface area contributed by atoms with Crippen molar-refractivity contribution in [2.24, 2.45) is 4.99 Å². The third kappa shape index (κ3) is 2.86. The molecule has 0 fully saturated rings. The van der Waals surface area contributed by atoms with E-state index in [1.807, 2.05) is 0 Å². The van der Waals surface area contributed by atoms with Gasteiger partial charge >= 0.3 is 0 Å². The van der Waals surface area contributed by atoms with Gasteiger partial charge in [0.15, 0.2) is 0 Å². The minimum atomic E-state index is 0.571. The quantitative estimate of drug-likeness (QED) is 0.636. The zero-order valence-corrected chi connectivity index (χ0v) is 15.2. The Morgan fingerprint density at radius 1 is 1.09 bits per heavy atom. The molecule has 0 amide bonds. The fourth-order valence-corrected chi connectivity index (χ4v) is 3.71. The highest BCUT2D eigenvalue weighted by molar-refractivity contribution is 6.57. The summed E-state index contributed by atoms with van der Waals surface area (Å²) in [7, 11) is 0. The van der Waals surface area contributed by atoms with E-state index in [-0.39, 0.29) is 0 Å². The zero-order valence-electron chi connectivity index (χ0n) is 15.2. The third-order valence-electron chi connectivity index (χ3n) is 4.97. The van der Waals surface area contributed by atoms with Crippen LogP contribution >= 0.6 is 0 Å². The number of aliphatic imine (C=N–C) groups is 1. The lowest BCUT2D eigenvalue weighted by molar-refractivity contribution is 1.04. The summed E-state index contributed by atoms with van der Waals surface area (Å²) >= 11 is 0. The molecular formula is C19H29BN2. The minimum Gasteiger partial charge on any atom is -0.390 e. The van der Waals surface area contributed by atoms with Crippen LogP contribution in [0.3, 0.4) is 0 Å². The fraction of sp³-hybridized carbons (Fsp3) is 0.526. The molecule has 0 saturated carbocycles. The Labute approximate surface area is 136 Å². The van der Waals surface area contributed by atoms with E-state index in [2.05, 4.69) is 65.1 Å². The van der Waals surface area contributed by atoms with E-state index in [1.54, 1.807) is 0 Å².